The van der Waals surface area contributed by atoms with Gasteiger partial charge in [0.15, 0.2) is 5.96 Å². The number of nitrogens with zero attached hydrogens (tertiary/aromatic N) is 1. The summed E-state index contributed by atoms with van der Waals surface area (Å²) < 4.78 is 14.0. The topological polar surface area (TPSA) is 36.4 Å². The molecule has 108 valence electrons. The van der Waals surface area contributed by atoms with E-state index in [1.807, 2.05) is 20.8 Å². The number of aliphatic imine (C=N–C) groups is 1. The Bertz CT molecular complexity index is 424. The molecule has 0 amide bonds. The SMILES string of the molecule is CCNC(=NCc1cc(F)ccc1Br)NC(C)C.I. The van der Waals surface area contributed by atoms with Crippen molar-refractivity contribution in [3.8, 4) is 0 Å². The molecule has 1 aromatic rings. The Hall–Kier alpha value is -0.370. The van der Waals surface area contributed by atoms with Crippen LogP contribution in [0.2, 0.25) is 0 Å². The van der Waals surface area contributed by atoms with Crippen LogP contribution in [0.4, 0.5) is 4.39 Å². The Morgan fingerprint density at radius 2 is 2.11 bits per heavy atom. The zero-order valence-corrected chi connectivity index (χ0v) is 15.3. The van der Waals surface area contributed by atoms with Crippen LogP contribution in [0.5, 0.6) is 0 Å². The van der Waals surface area contributed by atoms with Crippen molar-refractivity contribution in [2.75, 3.05) is 6.54 Å². The van der Waals surface area contributed by atoms with Gasteiger partial charge in [0.1, 0.15) is 5.82 Å². The lowest BCUT2D eigenvalue weighted by molar-refractivity contribution is 0.624. The van der Waals surface area contributed by atoms with E-state index in [-0.39, 0.29) is 29.8 Å². The van der Waals surface area contributed by atoms with Gasteiger partial charge in [-0.15, -0.1) is 24.0 Å². The molecule has 0 fully saturated rings. The maximum atomic E-state index is 13.1. The molecule has 2 N–H and O–H groups in total. The van der Waals surface area contributed by atoms with Crippen LogP contribution in [0, 0.1) is 5.82 Å². The zero-order chi connectivity index (χ0) is 13.5. The van der Waals surface area contributed by atoms with E-state index in [1.54, 1.807) is 6.07 Å². The molecule has 0 aliphatic rings. The van der Waals surface area contributed by atoms with Crippen LogP contribution >= 0.6 is 39.9 Å². The van der Waals surface area contributed by atoms with Crippen molar-refractivity contribution in [1.29, 1.82) is 0 Å². The summed E-state index contributed by atoms with van der Waals surface area (Å²) in [5, 5.41) is 6.36. The van der Waals surface area contributed by atoms with Gasteiger partial charge < -0.3 is 10.6 Å². The quantitative estimate of drug-likeness (QED) is 0.423. The Morgan fingerprint density at radius 3 is 2.68 bits per heavy atom. The van der Waals surface area contributed by atoms with Gasteiger partial charge in [0.2, 0.25) is 0 Å². The molecule has 0 aromatic heterocycles. The average molecular weight is 444 g/mol. The fourth-order valence-corrected chi connectivity index (χ4v) is 1.79. The third-order valence-corrected chi connectivity index (χ3v) is 2.96. The molecule has 0 unspecified atom stereocenters. The lowest BCUT2D eigenvalue weighted by atomic mass is 10.2. The van der Waals surface area contributed by atoms with Crippen molar-refractivity contribution in [3.05, 3.63) is 34.1 Å². The van der Waals surface area contributed by atoms with Gasteiger partial charge >= 0.3 is 0 Å². The fraction of sp³-hybridized carbons (Fsp3) is 0.462. The first kappa shape index (κ1) is 18.6. The summed E-state index contributed by atoms with van der Waals surface area (Å²) in [4.78, 5) is 4.42. The molecular weight excluding hydrogens is 424 g/mol. The van der Waals surface area contributed by atoms with Gasteiger partial charge in [-0.2, -0.15) is 0 Å². The first-order chi connectivity index (χ1) is 8.52. The van der Waals surface area contributed by atoms with Gasteiger partial charge in [-0.05, 0) is 44.5 Å². The summed E-state index contributed by atoms with van der Waals surface area (Å²) >= 11 is 3.39. The number of benzene rings is 1. The fourth-order valence-electron chi connectivity index (χ4n) is 1.42. The minimum Gasteiger partial charge on any atom is -0.357 e. The minimum atomic E-state index is -0.245. The molecule has 0 heterocycles. The van der Waals surface area contributed by atoms with E-state index in [4.69, 9.17) is 0 Å². The van der Waals surface area contributed by atoms with Crippen LogP contribution in [0.25, 0.3) is 0 Å². The Morgan fingerprint density at radius 1 is 1.42 bits per heavy atom. The highest BCUT2D eigenvalue weighted by atomic mass is 127. The standard InChI is InChI=1S/C13H19BrFN3.HI/c1-4-16-13(18-9(2)3)17-8-10-7-11(15)5-6-12(10)14;/h5-7,9H,4,8H2,1-3H3,(H2,16,17,18);1H. The smallest absolute Gasteiger partial charge is 0.191 e. The molecule has 0 radical (unpaired) electrons. The van der Waals surface area contributed by atoms with Crippen LogP contribution in [0.15, 0.2) is 27.7 Å². The van der Waals surface area contributed by atoms with Crippen molar-refractivity contribution in [3.63, 3.8) is 0 Å². The average Bonchev–Trinajstić information content (AvgIpc) is 2.29. The summed E-state index contributed by atoms with van der Waals surface area (Å²) in [5.74, 6) is 0.494. The zero-order valence-electron chi connectivity index (χ0n) is 11.3. The first-order valence-corrected chi connectivity index (χ1v) is 6.81. The number of hydrogen-bond acceptors (Lipinski definition) is 1. The minimum absolute atomic E-state index is 0. The summed E-state index contributed by atoms with van der Waals surface area (Å²) in [6.07, 6.45) is 0. The van der Waals surface area contributed by atoms with Gasteiger partial charge in [-0.3, -0.25) is 0 Å². The largest absolute Gasteiger partial charge is 0.357 e. The Labute approximate surface area is 139 Å². The lowest BCUT2D eigenvalue weighted by Crippen LogP contribution is -2.41. The maximum Gasteiger partial charge on any atom is 0.191 e. The summed E-state index contributed by atoms with van der Waals surface area (Å²) in [5.41, 5.74) is 0.830. The molecule has 0 saturated heterocycles. The molecular formula is C13H20BrFIN3. The maximum absolute atomic E-state index is 13.1. The van der Waals surface area contributed by atoms with Crippen LogP contribution in [-0.2, 0) is 6.54 Å². The number of rotatable bonds is 4. The molecule has 0 spiro atoms. The third kappa shape index (κ3) is 7.10. The van der Waals surface area contributed by atoms with Gasteiger partial charge in [-0.1, -0.05) is 15.9 Å². The normalized spacial score (nSPS) is 11.2. The van der Waals surface area contributed by atoms with Crippen molar-refractivity contribution < 1.29 is 4.39 Å². The van der Waals surface area contributed by atoms with E-state index in [9.17, 15) is 4.39 Å². The molecule has 3 nitrogen and oxygen atoms in total. The van der Waals surface area contributed by atoms with Crippen LogP contribution in [0.3, 0.4) is 0 Å². The van der Waals surface area contributed by atoms with E-state index < -0.39 is 0 Å². The van der Waals surface area contributed by atoms with Crippen molar-refractivity contribution in [2.45, 2.75) is 33.4 Å². The number of halogens is 3. The molecule has 1 rings (SSSR count). The highest BCUT2D eigenvalue weighted by Gasteiger charge is 2.03. The Balaban J connectivity index is 0.00000324. The third-order valence-electron chi connectivity index (χ3n) is 2.18. The molecule has 0 saturated carbocycles. The molecule has 0 bridgehead atoms. The highest BCUT2D eigenvalue weighted by Crippen LogP contribution is 2.18. The van der Waals surface area contributed by atoms with E-state index >= 15 is 0 Å². The van der Waals surface area contributed by atoms with Gasteiger partial charge in [0, 0.05) is 17.1 Å². The highest BCUT2D eigenvalue weighted by molar-refractivity contribution is 14.0. The number of hydrogen-bond donors (Lipinski definition) is 2. The first-order valence-electron chi connectivity index (χ1n) is 6.01. The van der Waals surface area contributed by atoms with E-state index in [2.05, 4.69) is 31.6 Å². The van der Waals surface area contributed by atoms with Gasteiger partial charge in [-0.25, -0.2) is 9.38 Å². The molecule has 0 aliphatic heterocycles. The van der Waals surface area contributed by atoms with Gasteiger partial charge in [0.25, 0.3) is 0 Å². The van der Waals surface area contributed by atoms with Crippen molar-refractivity contribution in [2.24, 2.45) is 4.99 Å². The number of nitrogens with one attached hydrogen (secondary N) is 2. The van der Waals surface area contributed by atoms with Crippen LogP contribution in [0.1, 0.15) is 26.3 Å². The number of guanidine groups is 1. The Kier molecular flexibility index (Phi) is 9.34. The second kappa shape index (κ2) is 9.52. The predicted molar refractivity (Wildman–Crippen MR) is 92.6 cm³/mol. The monoisotopic (exact) mass is 443 g/mol. The van der Waals surface area contributed by atoms with E-state index in [0.717, 1.165) is 22.5 Å². The second-order valence-electron chi connectivity index (χ2n) is 4.23. The molecule has 19 heavy (non-hydrogen) atoms. The second-order valence-corrected chi connectivity index (χ2v) is 5.08. The molecule has 0 aliphatic carbocycles. The van der Waals surface area contributed by atoms with E-state index in [0.29, 0.717) is 12.6 Å². The molecule has 1 aromatic carbocycles. The van der Waals surface area contributed by atoms with Crippen LogP contribution < -0.4 is 10.6 Å². The summed E-state index contributed by atoms with van der Waals surface area (Å²) in [6.45, 7) is 7.33. The van der Waals surface area contributed by atoms with Crippen LogP contribution in [-0.4, -0.2) is 18.5 Å². The molecule has 6 heteroatoms. The van der Waals surface area contributed by atoms with E-state index in [1.165, 1.54) is 12.1 Å². The predicted octanol–water partition coefficient (Wildman–Crippen LogP) is 3.67. The summed E-state index contributed by atoms with van der Waals surface area (Å²) in [6, 6.07) is 4.92. The van der Waals surface area contributed by atoms with Crippen molar-refractivity contribution in [1.82, 2.24) is 10.6 Å². The summed E-state index contributed by atoms with van der Waals surface area (Å²) in [7, 11) is 0. The molecule has 0 atom stereocenters. The van der Waals surface area contributed by atoms with Gasteiger partial charge in [0.05, 0.1) is 6.54 Å². The lowest BCUT2D eigenvalue weighted by Gasteiger charge is -2.14. The van der Waals surface area contributed by atoms with Crippen molar-refractivity contribution >= 4 is 45.9 Å².